The number of hydrogen-bond donors (Lipinski definition) is 1. The molecule has 0 unspecified atom stereocenters. The normalized spacial score (nSPS) is 11.0. The first-order chi connectivity index (χ1) is 15.7. The van der Waals surface area contributed by atoms with E-state index in [1.54, 1.807) is 24.7 Å². The summed E-state index contributed by atoms with van der Waals surface area (Å²) in [5.74, 6) is 2.13. The number of rotatable bonds is 12. The molecule has 0 saturated heterocycles. The maximum absolute atomic E-state index is 5.86. The predicted molar refractivity (Wildman–Crippen MR) is 136 cm³/mol. The average Bonchev–Trinajstić information content (AvgIpc) is 2.80. The first kappa shape index (κ1) is 23.8. The van der Waals surface area contributed by atoms with Crippen LogP contribution in [-0.2, 0) is 6.42 Å². The molecule has 0 saturated carbocycles. The van der Waals surface area contributed by atoms with Gasteiger partial charge >= 0.3 is 6.01 Å². The summed E-state index contributed by atoms with van der Waals surface area (Å²) >= 11 is 2.28. The van der Waals surface area contributed by atoms with Crippen LogP contribution in [0.15, 0.2) is 53.9 Å². The van der Waals surface area contributed by atoms with Crippen molar-refractivity contribution >= 4 is 40.4 Å². The molecule has 9 heteroatoms. The molecule has 0 radical (unpaired) electrons. The van der Waals surface area contributed by atoms with E-state index in [-0.39, 0.29) is 0 Å². The third kappa shape index (κ3) is 7.70. The lowest BCUT2D eigenvalue weighted by atomic mass is 10.2. The summed E-state index contributed by atoms with van der Waals surface area (Å²) in [6.07, 6.45) is 7.85. The van der Waals surface area contributed by atoms with Crippen molar-refractivity contribution in [2.45, 2.75) is 33.1 Å². The highest BCUT2D eigenvalue weighted by Crippen LogP contribution is 2.20. The molecule has 0 atom stereocenters. The highest BCUT2D eigenvalue weighted by atomic mass is 127. The first-order valence-corrected chi connectivity index (χ1v) is 11.8. The van der Waals surface area contributed by atoms with Crippen LogP contribution in [0.25, 0.3) is 0 Å². The Labute approximate surface area is 202 Å². The van der Waals surface area contributed by atoms with Gasteiger partial charge in [-0.15, -0.1) is 0 Å². The number of aromatic nitrogens is 4. The Morgan fingerprint density at radius 3 is 2.56 bits per heavy atom. The van der Waals surface area contributed by atoms with E-state index < -0.39 is 0 Å². The minimum atomic E-state index is 0.308. The highest BCUT2D eigenvalue weighted by molar-refractivity contribution is 14.1. The molecule has 0 aliphatic rings. The molecule has 32 heavy (non-hydrogen) atoms. The van der Waals surface area contributed by atoms with Gasteiger partial charge in [-0.1, -0.05) is 26.0 Å². The van der Waals surface area contributed by atoms with Crippen molar-refractivity contribution in [3.63, 3.8) is 0 Å². The lowest BCUT2D eigenvalue weighted by molar-refractivity contribution is 0.294. The van der Waals surface area contributed by atoms with Crippen LogP contribution >= 0.6 is 22.6 Å². The number of anilines is 2. The lowest BCUT2D eigenvalue weighted by Gasteiger charge is -2.23. The maximum Gasteiger partial charge on any atom is 0.320 e. The molecule has 0 aliphatic heterocycles. The molecule has 0 fully saturated rings. The van der Waals surface area contributed by atoms with E-state index in [9.17, 15) is 0 Å². The number of benzene rings is 1. The molecule has 1 aromatic carbocycles. The number of nitrogens with one attached hydrogen (secondary N) is 1. The molecule has 2 heterocycles. The van der Waals surface area contributed by atoms with Gasteiger partial charge in [-0.25, -0.2) is 9.97 Å². The van der Waals surface area contributed by atoms with Crippen molar-refractivity contribution in [1.82, 2.24) is 19.9 Å². The fourth-order valence-electron chi connectivity index (χ4n) is 3.03. The molecule has 8 nitrogen and oxygen atoms in total. The van der Waals surface area contributed by atoms with Gasteiger partial charge in [-0.05, 0) is 59.2 Å². The van der Waals surface area contributed by atoms with E-state index in [2.05, 4.69) is 77.9 Å². The topological polar surface area (TPSA) is 88.4 Å². The van der Waals surface area contributed by atoms with Crippen molar-refractivity contribution in [1.29, 1.82) is 0 Å². The second-order valence-electron chi connectivity index (χ2n) is 7.07. The predicted octanol–water partition coefficient (Wildman–Crippen LogP) is 4.57. The summed E-state index contributed by atoms with van der Waals surface area (Å²) in [5, 5.41) is 4.35. The Bertz CT molecular complexity index is 995. The molecule has 0 spiro atoms. The Hall–Kier alpha value is -2.82. The molecule has 0 amide bonds. The second kappa shape index (κ2) is 12.9. The molecule has 0 bridgehead atoms. The fraction of sp³-hybridized carbons (Fsp3) is 0.348. The summed E-state index contributed by atoms with van der Waals surface area (Å²) in [6.45, 7) is 6.53. The van der Waals surface area contributed by atoms with Gasteiger partial charge in [-0.2, -0.15) is 15.1 Å². The Morgan fingerprint density at radius 2 is 1.84 bits per heavy atom. The van der Waals surface area contributed by atoms with E-state index in [1.165, 1.54) is 0 Å². The Kier molecular flexibility index (Phi) is 9.60. The molecule has 0 aliphatic carbocycles. The summed E-state index contributed by atoms with van der Waals surface area (Å²) in [6, 6.07) is 12.1. The van der Waals surface area contributed by atoms with Crippen molar-refractivity contribution in [3.8, 4) is 6.01 Å². The maximum atomic E-state index is 5.86. The molecule has 3 rings (SSSR count). The summed E-state index contributed by atoms with van der Waals surface area (Å²) in [7, 11) is 0. The molecule has 1 N–H and O–H groups in total. The number of halogens is 1. The zero-order chi connectivity index (χ0) is 22.6. The minimum Gasteiger partial charge on any atom is -0.463 e. The van der Waals surface area contributed by atoms with Gasteiger partial charge in [0.1, 0.15) is 11.6 Å². The van der Waals surface area contributed by atoms with Crippen LogP contribution < -0.4 is 15.1 Å². The van der Waals surface area contributed by atoms with E-state index in [1.807, 2.05) is 24.3 Å². The lowest BCUT2D eigenvalue weighted by Crippen LogP contribution is -2.26. The van der Waals surface area contributed by atoms with Crippen LogP contribution in [0.3, 0.4) is 0 Å². The minimum absolute atomic E-state index is 0.308. The number of ether oxygens (including phenoxy) is 1. The Morgan fingerprint density at radius 1 is 1.06 bits per heavy atom. The Balaban J connectivity index is 1.75. The molecular formula is C23H28IN7O. The molecule has 2 aromatic heterocycles. The molecule has 168 valence electrons. The van der Waals surface area contributed by atoms with Gasteiger partial charge < -0.3 is 9.64 Å². The fourth-order valence-corrected chi connectivity index (χ4v) is 3.60. The van der Waals surface area contributed by atoms with E-state index in [4.69, 9.17) is 4.74 Å². The van der Waals surface area contributed by atoms with Crippen LogP contribution in [0, 0.1) is 3.57 Å². The summed E-state index contributed by atoms with van der Waals surface area (Å²) in [4.78, 5) is 19.8. The van der Waals surface area contributed by atoms with Crippen LogP contribution in [-0.4, -0.2) is 45.8 Å². The van der Waals surface area contributed by atoms with Crippen molar-refractivity contribution in [2.75, 3.05) is 30.0 Å². The van der Waals surface area contributed by atoms with Gasteiger partial charge in [0.05, 0.1) is 12.8 Å². The van der Waals surface area contributed by atoms with Crippen LogP contribution in [0.1, 0.15) is 38.1 Å². The SMILES string of the molecule is CCCN(CCC)c1cc(N/N=C/c2cccc(I)c2)nc(OCCc2ncccn2)n1. The van der Waals surface area contributed by atoms with Crippen LogP contribution in [0.2, 0.25) is 0 Å². The highest BCUT2D eigenvalue weighted by Gasteiger charge is 2.12. The van der Waals surface area contributed by atoms with Gasteiger partial charge in [-0.3, -0.25) is 5.43 Å². The quantitative estimate of drug-likeness (QED) is 0.203. The van der Waals surface area contributed by atoms with Crippen molar-refractivity contribution in [3.05, 3.63) is 63.7 Å². The molecule has 3 aromatic rings. The average molecular weight is 545 g/mol. The van der Waals surface area contributed by atoms with Crippen molar-refractivity contribution < 1.29 is 4.74 Å². The summed E-state index contributed by atoms with van der Waals surface area (Å²) < 4.78 is 7.01. The van der Waals surface area contributed by atoms with Gasteiger partial charge in [0.25, 0.3) is 0 Å². The zero-order valence-corrected chi connectivity index (χ0v) is 20.6. The third-order valence-electron chi connectivity index (χ3n) is 4.42. The van der Waals surface area contributed by atoms with E-state index in [0.29, 0.717) is 24.9 Å². The van der Waals surface area contributed by atoms with E-state index in [0.717, 1.165) is 46.7 Å². The zero-order valence-electron chi connectivity index (χ0n) is 18.4. The van der Waals surface area contributed by atoms with Crippen molar-refractivity contribution in [2.24, 2.45) is 5.10 Å². The number of hydrazone groups is 1. The smallest absolute Gasteiger partial charge is 0.320 e. The monoisotopic (exact) mass is 545 g/mol. The standard InChI is InChI=1S/C23H28IN7O/c1-3-12-31(13-4-2)22-16-21(30-27-17-18-7-5-8-19(24)15-18)28-23(29-22)32-14-9-20-25-10-6-11-26-20/h5-8,10-11,15-17H,3-4,9,12-14H2,1-2H3,(H,28,29,30)/b27-17+. The third-order valence-corrected chi connectivity index (χ3v) is 5.09. The van der Waals surface area contributed by atoms with Gasteiger partial charge in [0.2, 0.25) is 0 Å². The largest absolute Gasteiger partial charge is 0.463 e. The van der Waals surface area contributed by atoms with Crippen LogP contribution in [0.5, 0.6) is 6.01 Å². The van der Waals surface area contributed by atoms with Gasteiger partial charge in [0.15, 0.2) is 5.82 Å². The first-order valence-electron chi connectivity index (χ1n) is 10.7. The summed E-state index contributed by atoms with van der Waals surface area (Å²) in [5.41, 5.74) is 4.04. The number of hydrogen-bond acceptors (Lipinski definition) is 8. The second-order valence-corrected chi connectivity index (χ2v) is 8.32. The molecular weight excluding hydrogens is 517 g/mol. The number of nitrogens with zero attached hydrogens (tertiary/aromatic N) is 6. The van der Waals surface area contributed by atoms with E-state index >= 15 is 0 Å². The van der Waals surface area contributed by atoms with Gasteiger partial charge in [0, 0.05) is 41.5 Å². The van der Waals surface area contributed by atoms with Crippen LogP contribution in [0.4, 0.5) is 11.6 Å².